The Morgan fingerprint density at radius 2 is 2.18 bits per heavy atom. The van der Waals surface area contributed by atoms with Crippen molar-refractivity contribution in [2.45, 2.75) is 32.2 Å². The van der Waals surface area contributed by atoms with Crippen LogP contribution in [0.1, 0.15) is 32.0 Å². The Morgan fingerprint density at radius 3 is 2.82 bits per heavy atom. The molecule has 6 heteroatoms. The van der Waals surface area contributed by atoms with Crippen molar-refractivity contribution in [2.24, 2.45) is 5.73 Å². The molecule has 0 aliphatic rings. The number of methoxy groups -OCH3 is 1. The van der Waals surface area contributed by atoms with Crippen molar-refractivity contribution in [3.63, 3.8) is 0 Å². The van der Waals surface area contributed by atoms with E-state index in [4.69, 9.17) is 19.7 Å². The van der Waals surface area contributed by atoms with Crippen molar-refractivity contribution in [2.75, 3.05) is 26.9 Å². The van der Waals surface area contributed by atoms with Crippen LogP contribution >= 0.6 is 0 Å². The lowest BCUT2D eigenvalue weighted by Gasteiger charge is -2.19. The third kappa shape index (κ3) is 4.41. The minimum Gasteiger partial charge on any atom is -0.384 e. The number of nitrogens with two attached hydrogens (primary N) is 1. The topological polar surface area (TPSA) is 83.4 Å². The summed E-state index contributed by atoms with van der Waals surface area (Å²) in [5, 5.41) is 3.87. The molecule has 0 amide bonds. The molecule has 0 saturated heterocycles. The third-order valence-electron chi connectivity index (χ3n) is 2.25. The monoisotopic (exact) mass is 243 g/mol. The molecule has 0 aliphatic carbocycles. The van der Waals surface area contributed by atoms with Gasteiger partial charge in [-0.1, -0.05) is 12.1 Å². The lowest BCUT2D eigenvalue weighted by Crippen LogP contribution is -2.39. The van der Waals surface area contributed by atoms with Crippen LogP contribution in [0.2, 0.25) is 0 Å². The highest BCUT2D eigenvalue weighted by Crippen LogP contribution is 2.15. The minimum absolute atomic E-state index is 0.379. The lowest BCUT2D eigenvalue weighted by atomic mass is 10.1. The van der Waals surface area contributed by atoms with E-state index in [1.54, 1.807) is 7.11 Å². The fourth-order valence-corrected chi connectivity index (χ4v) is 1.27. The molecule has 0 spiro atoms. The van der Waals surface area contributed by atoms with Crippen molar-refractivity contribution in [1.29, 1.82) is 0 Å². The molecule has 1 unspecified atom stereocenters. The summed E-state index contributed by atoms with van der Waals surface area (Å²) < 4.78 is 15.4. The second-order valence-electron chi connectivity index (χ2n) is 4.22. The van der Waals surface area contributed by atoms with E-state index >= 15 is 0 Å². The fourth-order valence-electron chi connectivity index (χ4n) is 1.27. The Balaban J connectivity index is 2.54. The highest BCUT2D eigenvalue weighted by Gasteiger charge is 2.27. The van der Waals surface area contributed by atoms with Crippen LogP contribution < -0.4 is 5.73 Å². The quantitative estimate of drug-likeness (QED) is 0.682. The molecule has 1 atom stereocenters. The van der Waals surface area contributed by atoms with Crippen molar-refractivity contribution < 1.29 is 14.0 Å². The molecule has 1 rings (SSSR count). The Morgan fingerprint density at radius 1 is 1.41 bits per heavy atom. The molecular weight excluding hydrogens is 222 g/mol. The first-order valence-electron chi connectivity index (χ1n) is 5.78. The van der Waals surface area contributed by atoms with Crippen LogP contribution in [0.15, 0.2) is 4.52 Å². The van der Waals surface area contributed by atoms with Crippen molar-refractivity contribution >= 4 is 0 Å². The molecule has 1 aromatic heterocycles. The highest BCUT2D eigenvalue weighted by molar-refractivity contribution is 5.01. The summed E-state index contributed by atoms with van der Waals surface area (Å²) in [6.45, 7) is 5.49. The third-order valence-corrected chi connectivity index (χ3v) is 2.25. The van der Waals surface area contributed by atoms with Gasteiger partial charge < -0.3 is 19.7 Å². The summed E-state index contributed by atoms with van der Waals surface area (Å²) in [5.74, 6) is 1.01. The van der Waals surface area contributed by atoms with Crippen LogP contribution in [0.4, 0.5) is 0 Å². The number of hydrogen-bond donors (Lipinski definition) is 1. The smallest absolute Gasteiger partial charge is 0.229 e. The summed E-state index contributed by atoms with van der Waals surface area (Å²) in [5.41, 5.74) is 5.36. The number of hydrogen-bond acceptors (Lipinski definition) is 6. The number of rotatable bonds is 8. The van der Waals surface area contributed by atoms with Crippen molar-refractivity contribution in [3.8, 4) is 0 Å². The maximum atomic E-state index is 6.08. The van der Waals surface area contributed by atoms with Crippen LogP contribution in [0, 0.1) is 0 Å². The Kier molecular flexibility index (Phi) is 5.54. The predicted octanol–water partition coefficient (Wildman–Crippen LogP) is 0.859. The molecule has 0 aromatic carbocycles. The molecule has 0 saturated carbocycles. The van der Waals surface area contributed by atoms with Gasteiger partial charge in [0, 0.05) is 13.7 Å². The van der Waals surface area contributed by atoms with Crippen LogP contribution in [0.3, 0.4) is 0 Å². The van der Waals surface area contributed by atoms with Gasteiger partial charge in [0.05, 0.1) is 19.6 Å². The van der Waals surface area contributed by atoms with Crippen LogP contribution in [-0.2, 0) is 21.4 Å². The van der Waals surface area contributed by atoms with Gasteiger partial charge in [0.25, 0.3) is 0 Å². The van der Waals surface area contributed by atoms with Crippen molar-refractivity contribution in [1.82, 2.24) is 10.1 Å². The second-order valence-corrected chi connectivity index (χ2v) is 4.22. The number of aromatic nitrogens is 2. The maximum absolute atomic E-state index is 6.08. The fraction of sp³-hybridized carbons (Fsp3) is 0.818. The van der Waals surface area contributed by atoms with Gasteiger partial charge in [-0.2, -0.15) is 4.98 Å². The van der Waals surface area contributed by atoms with Gasteiger partial charge in [-0.3, -0.25) is 0 Å². The summed E-state index contributed by atoms with van der Waals surface area (Å²) in [6.07, 6.45) is 1.55. The zero-order valence-corrected chi connectivity index (χ0v) is 10.7. The van der Waals surface area contributed by atoms with E-state index in [1.165, 1.54) is 0 Å². The first kappa shape index (κ1) is 14.1. The summed E-state index contributed by atoms with van der Waals surface area (Å²) in [7, 11) is 1.63. The van der Waals surface area contributed by atoms with E-state index in [2.05, 4.69) is 10.1 Å². The maximum Gasteiger partial charge on any atom is 0.229 e. The zero-order chi connectivity index (χ0) is 12.7. The number of ether oxygens (including phenoxy) is 2. The van der Waals surface area contributed by atoms with Crippen LogP contribution in [0.5, 0.6) is 0 Å². The average molecular weight is 243 g/mol. The molecule has 0 bridgehead atoms. The van der Waals surface area contributed by atoms with Gasteiger partial charge in [-0.15, -0.1) is 0 Å². The second kappa shape index (κ2) is 6.68. The average Bonchev–Trinajstić information content (AvgIpc) is 2.76. The minimum atomic E-state index is -0.718. The van der Waals surface area contributed by atoms with E-state index in [-0.39, 0.29) is 0 Å². The number of nitrogens with zero attached hydrogens (tertiary/aromatic N) is 2. The molecule has 1 aromatic rings. The molecule has 98 valence electrons. The summed E-state index contributed by atoms with van der Waals surface area (Å²) in [6, 6.07) is 0. The molecule has 0 aliphatic heterocycles. The molecule has 1 heterocycles. The molecule has 2 N–H and O–H groups in total. The summed E-state index contributed by atoms with van der Waals surface area (Å²) in [4.78, 5) is 4.24. The van der Waals surface area contributed by atoms with Gasteiger partial charge in [0.1, 0.15) is 5.54 Å². The summed E-state index contributed by atoms with van der Waals surface area (Å²) >= 11 is 0. The van der Waals surface area contributed by atoms with E-state index in [0.717, 1.165) is 6.42 Å². The lowest BCUT2D eigenvalue weighted by molar-refractivity contribution is 0.0867. The SMILES string of the molecule is CCCOCC(C)(N)c1noc(CCOC)n1. The van der Waals surface area contributed by atoms with Crippen LogP contribution in [-0.4, -0.2) is 37.1 Å². The van der Waals surface area contributed by atoms with E-state index in [1.807, 2.05) is 13.8 Å². The van der Waals surface area contributed by atoms with E-state index < -0.39 is 5.54 Å². The van der Waals surface area contributed by atoms with E-state index in [0.29, 0.717) is 38.0 Å². The van der Waals surface area contributed by atoms with Gasteiger partial charge in [-0.25, -0.2) is 0 Å². The first-order chi connectivity index (χ1) is 8.10. The molecule has 17 heavy (non-hydrogen) atoms. The zero-order valence-electron chi connectivity index (χ0n) is 10.7. The first-order valence-corrected chi connectivity index (χ1v) is 5.78. The van der Waals surface area contributed by atoms with Crippen LogP contribution in [0.25, 0.3) is 0 Å². The van der Waals surface area contributed by atoms with Gasteiger partial charge >= 0.3 is 0 Å². The normalized spacial score (nSPS) is 14.8. The molecule has 0 fully saturated rings. The largest absolute Gasteiger partial charge is 0.384 e. The molecule has 6 nitrogen and oxygen atoms in total. The van der Waals surface area contributed by atoms with E-state index in [9.17, 15) is 0 Å². The Bertz CT molecular complexity index is 326. The predicted molar refractivity (Wildman–Crippen MR) is 62.5 cm³/mol. The molecular formula is C11H21N3O3. The Hall–Kier alpha value is -0.980. The van der Waals surface area contributed by atoms with Gasteiger partial charge in [-0.05, 0) is 13.3 Å². The van der Waals surface area contributed by atoms with Crippen molar-refractivity contribution in [3.05, 3.63) is 11.7 Å². The Labute approximate surface area is 101 Å². The standard InChI is InChI=1S/C11H21N3O3/c1-4-6-16-8-11(2,12)10-13-9(17-14-10)5-7-15-3/h4-8,12H2,1-3H3. The van der Waals surface area contributed by atoms with Gasteiger partial charge in [0.15, 0.2) is 5.82 Å². The molecule has 0 radical (unpaired) electrons. The highest BCUT2D eigenvalue weighted by atomic mass is 16.5. The van der Waals surface area contributed by atoms with Gasteiger partial charge in [0.2, 0.25) is 5.89 Å².